The predicted molar refractivity (Wildman–Crippen MR) is 95.8 cm³/mol. The number of aromatic nitrogens is 4. The van der Waals surface area contributed by atoms with Crippen LogP contribution in [0.4, 0.5) is 10.1 Å². The van der Waals surface area contributed by atoms with Crippen molar-refractivity contribution in [2.75, 3.05) is 5.32 Å². The molecule has 0 saturated carbocycles. The summed E-state index contributed by atoms with van der Waals surface area (Å²) in [6.07, 6.45) is 0.301. The van der Waals surface area contributed by atoms with Crippen molar-refractivity contribution < 1.29 is 9.50 Å². The van der Waals surface area contributed by atoms with Crippen molar-refractivity contribution in [1.29, 1.82) is 0 Å². The lowest BCUT2D eigenvalue weighted by atomic mass is 10.3. The molecule has 2 heterocycles. The Bertz CT molecular complexity index is 799. The number of nitrogens with one attached hydrogen (secondary N) is 1. The van der Waals surface area contributed by atoms with Crippen LogP contribution in [0.3, 0.4) is 0 Å². The molecule has 0 amide bonds. The van der Waals surface area contributed by atoms with Gasteiger partial charge in [-0.15, -0.1) is 10.2 Å². The topological polar surface area (TPSA) is 75.9 Å². The average Bonchev–Trinajstić information content (AvgIpc) is 3.05. The summed E-state index contributed by atoms with van der Waals surface area (Å²) in [6.45, 7) is 2.49. The summed E-state index contributed by atoms with van der Waals surface area (Å²) >= 11 is 0.820. The molecule has 2 unspecified atom stereocenters. The van der Waals surface area contributed by atoms with Crippen molar-refractivity contribution in [3.05, 3.63) is 54.7 Å². The number of benzene rings is 1. The minimum absolute atomic E-state index is 0.393. The van der Waals surface area contributed by atoms with Gasteiger partial charge < -0.3 is 15.0 Å². The molecular weight excluding hydrogens is 341 g/mol. The molecule has 0 fully saturated rings. The summed E-state index contributed by atoms with van der Waals surface area (Å²) in [4.78, 5) is 4.25. The first kappa shape index (κ1) is 17.4. The van der Waals surface area contributed by atoms with Gasteiger partial charge in [-0.2, -0.15) is 0 Å². The Morgan fingerprint density at radius 3 is 2.60 bits per heavy atom. The van der Waals surface area contributed by atoms with Crippen LogP contribution in [0.25, 0.3) is 11.5 Å². The van der Waals surface area contributed by atoms with E-state index in [0.717, 1.165) is 11.8 Å². The molecule has 2 atom stereocenters. The fraction of sp³-hybridized carbons (Fsp3) is 0.235. The number of rotatable bonds is 7. The molecule has 25 heavy (non-hydrogen) atoms. The standard InChI is InChI=1S/C17H18FN5OS/c1-2-23-15(13-10-6-7-11-19-13)21-22-17(23)25-14(18)16(24)20-12-8-4-3-5-9-12/h3-11,14,16,20,24H,2H2,1H3. The largest absolute Gasteiger partial charge is 0.370 e. The van der Waals surface area contributed by atoms with Gasteiger partial charge in [0.15, 0.2) is 22.7 Å². The Labute approximate surface area is 149 Å². The second kappa shape index (κ2) is 8.09. The molecule has 2 N–H and O–H groups in total. The molecule has 0 aliphatic carbocycles. The number of hydrogen-bond donors (Lipinski definition) is 2. The third-order valence-corrected chi connectivity index (χ3v) is 4.48. The van der Waals surface area contributed by atoms with Crippen LogP contribution < -0.4 is 5.32 Å². The van der Waals surface area contributed by atoms with E-state index < -0.39 is 11.7 Å². The van der Waals surface area contributed by atoms with Crippen molar-refractivity contribution in [3.63, 3.8) is 0 Å². The Hall–Kier alpha value is -2.45. The van der Waals surface area contributed by atoms with Crippen molar-refractivity contribution in [2.45, 2.75) is 30.4 Å². The van der Waals surface area contributed by atoms with Crippen LogP contribution in [0.1, 0.15) is 6.92 Å². The molecule has 1 aromatic carbocycles. The number of nitrogens with zero attached hydrogens (tertiary/aromatic N) is 4. The molecule has 130 valence electrons. The summed E-state index contributed by atoms with van der Waals surface area (Å²) in [5.74, 6) is 0.573. The van der Waals surface area contributed by atoms with Crippen molar-refractivity contribution >= 4 is 17.4 Å². The number of pyridine rings is 1. The highest BCUT2D eigenvalue weighted by atomic mass is 32.2. The van der Waals surface area contributed by atoms with E-state index in [1.807, 2.05) is 43.3 Å². The van der Waals surface area contributed by atoms with Crippen LogP contribution in [0, 0.1) is 0 Å². The van der Waals surface area contributed by atoms with Gasteiger partial charge in [-0.1, -0.05) is 24.3 Å². The Balaban J connectivity index is 1.73. The van der Waals surface area contributed by atoms with Crippen LogP contribution in [-0.2, 0) is 6.54 Å². The van der Waals surface area contributed by atoms with E-state index in [2.05, 4.69) is 20.5 Å². The third-order valence-electron chi connectivity index (χ3n) is 3.48. The average molecular weight is 359 g/mol. The molecule has 3 rings (SSSR count). The minimum atomic E-state index is -1.61. The van der Waals surface area contributed by atoms with Gasteiger partial charge in [0.05, 0.1) is 0 Å². The summed E-state index contributed by atoms with van der Waals surface area (Å²) in [5.41, 5.74) is -0.294. The third kappa shape index (κ3) is 4.15. The van der Waals surface area contributed by atoms with E-state index in [-0.39, 0.29) is 0 Å². The lowest BCUT2D eigenvalue weighted by Gasteiger charge is -2.17. The molecule has 2 aromatic heterocycles. The monoisotopic (exact) mass is 359 g/mol. The number of hydrogen-bond acceptors (Lipinski definition) is 6. The number of aliphatic hydroxyl groups is 1. The first-order valence-electron chi connectivity index (χ1n) is 7.84. The van der Waals surface area contributed by atoms with E-state index in [0.29, 0.717) is 28.9 Å². The number of halogens is 1. The molecule has 0 spiro atoms. The molecule has 0 bridgehead atoms. The maximum Gasteiger partial charge on any atom is 0.197 e. The number of thioether (sulfide) groups is 1. The van der Waals surface area contributed by atoms with Crippen molar-refractivity contribution in [2.24, 2.45) is 0 Å². The Morgan fingerprint density at radius 1 is 1.16 bits per heavy atom. The van der Waals surface area contributed by atoms with Crippen LogP contribution in [-0.4, -0.2) is 36.6 Å². The fourth-order valence-electron chi connectivity index (χ4n) is 2.28. The first-order valence-corrected chi connectivity index (χ1v) is 8.72. The van der Waals surface area contributed by atoms with Crippen molar-refractivity contribution in [3.8, 4) is 11.5 Å². The molecule has 0 aliphatic rings. The van der Waals surface area contributed by atoms with Gasteiger partial charge in [0.2, 0.25) is 0 Å². The summed E-state index contributed by atoms with van der Waals surface area (Å²) < 4.78 is 16.2. The number of aliphatic hydroxyl groups excluding tert-OH is 1. The van der Waals surface area contributed by atoms with Gasteiger partial charge in [0.1, 0.15) is 5.69 Å². The summed E-state index contributed by atoms with van der Waals surface area (Å²) in [5, 5.41) is 21.3. The van der Waals surface area contributed by atoms with E-state index in [4.69, 9.17) is 0 Å². The zero-order valence-electron chi connectivity index (χ0n) is 13.6. The summed E-state index contributed by atoms with van der Waals surface area (Å²) in [6, 6.07) is 14.5. The zero-order chi connectivity index (χ0) is 17.6. The SMILES string of the molecule is CCn1c(SC(F)C(O)Nc2ccccc2)nnc1-c1ccccn1. The van der Waals surface area contributed by atoms with Gasteiger partial charge in [-0.25, -0.2) is 4.39 Å². The quantitative estimate of drug-likeness (QED) is 0.498. The van der Waals surface area contributed by atoms with Crippen LogP contribution in [0.2, 0.25) is 0 Å². The van der Waals surface area contributed by atoms with E-state index in [9.17, 15) is 9.50 Å². The van der Waals surface area contributed by atoms with Crippen LogP contribution in [0.5, 0.6) is 0 Å². The highest BCUT2D eigenvalue weighted by Gasteiger charge is 2.24. The molecule has 6 nitrogen and oxygen atoms in total. The van der Waals surface area contributed by atoms with Gasteiger partial charge in [0.25, 0.3) is 0 Å². The molecular formula is C17H18FN5OS. The van der Waals surface area contributed by atoms with E-state index in [1.165, 1.54) is 0 Å². The smallest absolute Gasteiger partial charge is 0.197 e. The van der Waals surface area contributed by atoms with Gasteiger partial charge in [-0.3, -0.25) is 4.98 Å². The number of anilines is 1. The highest BCUT2D eigenvalue weighted by molar-refractivity contribution is 7.99. The normalized spacial score (nSPS) is 13.4. The van der Waals surface area contributed by atoms with Gasteiger partial charge >= 0.3 is 0 Å². The second-order valence-corrected chi connectivity index (χ2v) is 6.24. The molecule has 3 aromatic rings. The van der Waals surface area contributed by atoms with E-state index in [1.54, 1.807) is 22.9 Å². The van der Waals surface area contributed by atoms with Gasteiger partial charge in [-0.05, 0) is 43.0 Å². The predicted octanol–water partition coefficient (Wildman–Crippen LogP) is 3.18. The fourth-order valence-corrected chi connectivity index (χ4v) is 3.11. The molecule has 0 aliphatic heterocycles. The number of alkyl halides is 1. The Kier molecular flexibility index (Phi) is 5.62. The zero-order valence-corrected chi connectivity index (χ0v) is 14.4. The number of para-hydroxylation sites is 1. The lowest BCUT2D eigenvalue weighted by Crippen LogP contribution is -2.28. The lowest BCUT2D eigenvalue weighted by molar-refractivity contribution is 0.148. The minimum Gasteiger partial charge on any atom is -0.370 e. The van der Waals surface area contributed by atoms with Crippen LogP contribution in [0.15, 0.2) is 59.9 Å². The maximum absolute atomic E-state index is 14.4. The Morgan fingerprint density at radius 2 is 1.92 bits per heavy atom. The molecule has 8 heteroatoms. The van der Waals surface area contributed by atoms with Crippen LogP contribution >= 0.6 is 11.8 Å². The maximum atomic E-state index is 14.4. The van der Waals surface area contributed by atoms with Crippen molar-refractivity contribution in [1.82, 2.24) is 19.7 Å². The molecule has 0 radical (unpaired) electrons. The second-order valence-electron chi connectivity index (χ2n) is 5.19. The first-order chi connectivity index (χ1) is 12.2. The summed E-state index contributed by atoms with van der Waals surface area (Å²) in [7, 11) is 0. The molecule has 0 saturated heterocycles. The highest BCUT2D eigenvalue weighted by Crippen LogP contribution is 2.28. The van der Waals surface area contributed by atoms with E-state index >= 15 is 0 Å². The van der Waals surface area contributed by atoms with Gasteiger partial charge in [0, 0.05) is 18.4 Å².